The fraction of sp³-hybridized carbons (Fsp3) is 0.333. The maximum absolute atomic E-state index is 12.3. The molecule has 0 fully saturated rings. The first-order valence-electron chi connectivity index (χ1n) is 8.65. The third kappa shape index (κ3) is 3.90. The second-order valence-electron chi connectivity index (χ2n) is 6.60. The van der Waals surface area contributed by atoms with Crippen molar-refractivity contribution in [3.8, 4) is 5.75 Å². The molecule has 0 aromatic heterocycles. The second kappa shape index (κ2) is 7.51. The van der Waals surface area contributed by atoms with Gasteiger partial charge < -0.3 is 10.1 Å². The molecule has 4 heteroatoms. The van der Waals surface area contributed by atoms with E-state index in [4.69, 9.17) is 4.74 Å². The zero-order valence-electron chi connectivity index (χ0n) is 14.7. The molecule has 0 aliphatic heterocycles. The molecule has 0 spiro atoms. The van der Waals surface area contributed by atoms with Crippen molar-refractivity contribution in [2.45, 2.75) is 39.2 Å². The number of ether oxygens (including phenoxy) is 1. The molecule has 0 saturated carbocycles. The molecule has 3 rings (SSSR count). The van der Waals surface area contributed by atoms with Gasteiger partial charge in [-0.2, -0.15) is 0 Å². The lowest BCUT2D eigenvalue weighted by Gasteiger charge is -2.26. The van der Waals surface area contributed by atoms with Crippen LogP contribution in [0.1, 0.15) is 51.5 Å². The molecule has 0 heterocycles. The van der Waals surface area contributed by atoms with Gasteiger partial charge in [0.25, 0.3) is 5.91 Å². The van der Waals surface area contributed by atoms with Crippen molar-refractivity contribution >= 4 is 12.2 Å². The van der Waals surface area contributed by atoms with Gasteiger partial charge in [0.2, 0.25) is 0 Å². The van der Waals surface area contributed by atoms with E-state index in [0.717, 1.165) is 36.7 Å². The van der Waals surface area contributed by atoms with E-state index in [2.05, 4.69) is 17.4 Å². The Bertz CT molecular complexity index is 774. The van der Waals surface area contributed by atoms with Crippen molar-refractivity contribution in [2.24, 2.45) is 0 Å². The Labute approximate surface area is 148 Å². The van der Waals surface area contributed by atoms with Crippen LogP contribution in [0.15, 0.2) is 36.4 Å². The summed E-state index contributed by atoms with van der Waals surface area (Å²) in [6, 6.07) is 11.9. The van der Waals surface area contributed by atoms with Gasteiger partial charge in [-0.15, -0.1) is 0 Å². The smallest absolute Gasteiger partial charge is 0.258 e. The summed E-state index contributed by atoms with van der Waals surface area (Å²) in [5.74, 6) is 0.546. The second-order valence-corrected chi connectivity index (χ2v) is 6.60. The summed E-state index contributed by atoms with van der Waals surface area (Å²) in [4.78, 5) is 23.3. The number of fused-ring (bicyclic) bond motifs is 1. The molecule has 1 amide bonds. The van der Waals surface area contributed by atoms with Crippen LogP contribution in [0, 0.1) is 13.8 Å². The van der Waals surface area contributed by atoms with Gasteiger partial charge >= 0.3 is 0 Å². The van der Waals surface area contributed by atoms with Gasteiger partial charge in [-0.25, -0.2) is 0 Å². The zero-order chi connectivity index (χ0) is 17.8. The van der Waals surface area contributed by atoms with E-state index < -0.39 is 0 Å². The molecule has 25 heavy (non-hydrogen) atoms. The highest BCUT2D eigenvalue weighted by atomic mass is 16.5. The third-order valence-electron chi connectivity index (χ3n) is 4.67. The molecule has 130 valence electrons. The van der Waals surface area contributed by atoms with Crippen molar-refractivity contribution in [1.82, 2.24) is 5.32 Å². The van der Waals surface area contributed by atoms with Crippen LogP contribution < -0.4 is 10.1 Å². The monoisotopic (exact) mass is 337 g/mol. The number of carbonyl (C=O) groups excluding carboxylic acids is 2. The van der Waals surface area contributed by atoms with Crippen LogP contribution in [0.25, 0.3) is 0 Å². The van der Waals surface area contributed by atoms with Gasteiger partial charge in [0.1, 0.15) is 12.0 Å². The molecule has 0 bridgehead atoms. The molecule has 2 aromatic carbocycles. The molecular formula is C21H23NO3. The summed E-state index contributed by atoms with van der Waals surface area (Å²) in [6.45, 7) is 3.73. The number of hydrogen-bond acceptors (Lipinski definition) is 3. The van der Waals surface area contributed by atoms with E-state index in [0.29, 0.717) is 11.3 Å². The van der Waals surface area contributed by atoms with E-state index in [9.17, 15) is 9.59 Å². The van der Waals surface area contributed by atoms with Crippen LogP contribution in [0.2, 0.25) is 0 Å². The Kier molecular flexibility index (Phi) is 5.17. The number of aryl methyl sites for hydroxylation is 3. The zero-order valence-corrected chi connectivity index (χ0v) is 14.7. The minimum atomic E-state index is -0.125. The third-order valence-corrected chi connectivity index (χ3v) is 4.67. The largest absolute Gasteiger partial charge is 0.483 e. The first-order valence-corrected chi connectivity index (χ1v) is 8.65. The summed E-state index contributed by atoms with van der Waals surface area (Å²) in [6.07, 6.45) is 3.92. The Morgan fingerprint density at radius 3 is 2.68 bits per heavy atom. The van der Waals surface area contributed by atoms with Crippen molar-refractivity contribution in [2.75, 3.05) is 6.61 Å². The maximum Gasteiger partial charge on any atom is 0.258 e. The lowest BCUT2D eigenvalue weighted by atomic mass is 9.88. The van der Waals surface area contributed by atoms with E-state index in [1.165, 1.54) is 11.1 Å². The van der Waals surface area contributed by atoms with Crippen molar-refractivity contribution in [3.05, 3.63) is 64.2 Å². The summed E-state index contributed by atoms with van der Waals surface area (Å²) in [5, 5.41) is 3.09. The highest BCUT2D eigenvalue weighted by Crippen LogP contribution is 2.29. The molecule has 1 N–H and O–H groups in total. The average molecular weight is 337 g/mol. The highest BCUT2D eigenvalue weighted by Gasteiger charge is 2.21. The number of hydrogen-bond donors (Lipinski definition) is 1. The van der Waals surface area contributed by atoms with Crippen molar-refractivity contribution in [1.29, 1.82) is 0 Å². The molecule has 0 saturated heterocycles. The molecule has 1 aliphatic carbocycles. The summed E-state index contributed by atoms with van der Waals surface area (Å²) in [7, 11) is 0. The molecular weight excluding hydrogens is 314 g/mol. The van der Waals surface area contributed by atoms with E-state index in [1.54, 1.807) is 12.1 Å². The predicted octanol–water partition coefficient (Wildman–Crippen LogP) is 3.69. The molecule has 0 unspecified atom stereocenters. The number of nitrogens with one attached hydrogen (secondary N) is 1. The minimum absolute atomic E-state index is 0.0270. The van der Waals surface area contributed by atoms with Gasteiger partial charge in [0.15, 0.2) is 6.61 Å². The highest BCUT2D eigenvalue weighted by molar-refractivity contribution is 5.79. The standard InChI is InChI=1S/C21H23NO3/c1-14-10-16(12-23)11-15(2)21(14)25-13-20(24)22-19-9-5-7-17-6-3-4-8-18(17)19/h3-4,6,8,10-12,19H,5,7,9,13H2,1-2H3,(H,22,24)/t19-/m0/s1. The van der Waals surface area contributed by atoms with Gasteiger partial charge in [-0.05, 0) is 67.5 Å². The Morgan fingerprint density at radius 2 is 1.96 bits per heavy atom. The van der Waals surface area contributed by atoms with E-state index in [-0.39, 0.29) is 18.6 Å². The SMILES string of the molecule is Cc1cc(C=O)cc(C)c1OCC(=O)N[C@H]1CCCc2ccccc21. The lowest BCUT2D eigenvalue weighted by molar-refractivity contribution is -0.124. The Hall–Kier alpha value is -2.62. The van der Waals surface area contributed by atoms with Crippen LogP contribution in [0.4, 0.5) is 0 Å². The lowest BCUT2D eigenvalue weighted by Crippen LogP contribution is -2.34. The summed E-state index contributed by atoms with van der Waals surface area (Å²) in [5.41, 5.74) is 4.86. The molecule has 0 radical (unpaired) electrons. The Morgan fingerprint density at radius 1 is 1.24 bits per heavy atom. The molecule has 4 nitrogen and oxygen atoms in total. The maximum atomic E-state index is 12.3. The Balaban J connectivity index is 1.64. The fourth-order valence-electron chi connectivity index (χ4n) is 3.56. The topological polar surface area (TPSA) is 55.4 Å². The predicted molar refractivity (Wildman–Crippen MR) is 97.1 cm³/mol. The van der Waals surface area contributed by atoms with E-state index in [1.807, 2.05) is 26.0 Å². The van der Waals surface area contributed by atoms with Crippen LogP contribution in [-0.4, -0.2) is 18.8 Å². The van der Waals surface area contributed by atoms with Gasteiger partial charge in [0, 0.05) is 5.56 Å². The first kappa shape index (κ1) is 17.2. The summed E-state index contributed by atoms with van der Waals surface area (Å²) >= 11 is 0. The van der Waals surface area contributed by atoms with Gasteiger partial charge in [-0.1, -0.05) is 24.3 Å². The molecule has 1 atom stereocenters. The van der Waals surface area contributed by atoms with Crippen molar-refractivity contribution < 1.29 is 14.3 Å². The number of aldehydes is 1. The normalized spacial score (nSPS) is 16.0. The number of amides is 1. The fourth-order valence-corrected chi connectivity index (χ4v) is 3.56. The molecule has 1 aliphatic rings. The molecule has 2 aromatic rings. The first-order chi connectivity index (χ1) is 12.1. The van der Waals surface area contributed by atoms with Crippen LogP contribution in [0.5, 0.6) is 5.75 Å². The number of carbonyl (C=O) groups is 2. The van der Waals surface area contributed by atoms with Crippen molar-refractivity contribution in [3.63, 3.8) is 0 Å². The van der Waals surface area contributed by atoms with E-state index >= 15 is 0 Å². The average Bonchev–Trinajstić information content (AvgIpc) is 2.61. The number of rotatable bonds is 5. The minimum Gasteiger partial charge on any atom is -0.483 e. The summed E-state index contributed by atoms with van der Waals surface area (Å²) < 4.78 is 5.73. The van der Waals surface area contributed by atoms with Crippen LogP contribution in [0.3, 0.4) is 0 Å². The van der Waals surface area contributed by atoms with Gasteiger partial charge in [0.05, 0.1) is 6.04 Å². The quantitative estimate of drug-likeness (QED) is 0.847. The van der Waals surface area contributed by atoms with Gasteiger partial charge in [-0.3, -0.25) is 9.59 Å². The van der Waals surface area contributed by atoms with Crippen LogP contribution in [-0.2, 0) is 11.2 Å². The van der Waals surface area contributed by atoms with Crippen LogP contribution >= 0.6 is 0 Å². The number of benzene rings is 2.